The fraction of sp³-hybridized carbons (Fsp3) is 0.364. The maximum atomic E-state index is 13.1. The van der Waals surface area contributed by atoms with Crippen LogP contribution in [0.1, 0.15) is 44.0 Å². The number of rotatable bonds is 6. The first-order chi connectivity index (χ1) is 13.6. The summed E-state index contributed by atoms with van der Waals surface area (Å²) >= 11 is 1.59. The van der Waals surface area contributed by atoms with Crippen LogP contribution in [0.4, 0.5) is 16.2 Å². The number of amides is 3. The molecular formula is C22H27N3O2S. The third-order valence-corrected chi connectivity index (χ3v) is 5.82. The molecule has 1 aliphatic heterocycles. The normalized spacial score (nSPS) is 12.8. The van der Waals surface area contributed by atoms with E-state index in [1.165, 1.54) is 0 Å². The van der Waals surface area contributed by atoms with Crippen LogP contribution in [0.2, 0.25) is 0 Å². The molecule has 0 radical (unpaired) electrons. The first-order valence-corrected chi connectivity index (χ1v) is 10.7. The fourth-order valence-corrected chi connectivity index (χ4v) is 4.43. The Hall–Kier alpha value is -2.47. The number of nitrogens with zero attached hydrogens (tertiary/aromatic N) is 2. The highest BCUT2D eigenvalue weighted by molar-refractivity contribution is 7.99. The van der Waals surface area contributed by atoms with E-state index in [4.69, 9.17) is 0 Å². The number of carbonyl (C=O) groups excluding carboxylic acids is 2. The maximum absolute atomic E-state index is 13.1. The molecule has 148 valence electrons. The second-order valence-electron chi connectivity index (χ2n) is 6.75. The Bertz CT molecular complexity index is 863. The quantitative estimate of drug-likeness (QED) is 0.703. The Morgan fingerprint density at radius 3 is 2.43 bits per heavy atom. The topological polar surface area (TPSA) is 52.7 Å². The summed E-state index contributed by atoms with van der Waals surface area (Å²) in [4.78, 5) is 31.3. The third-order valence-electron chi connectivity index (χ3n) is 4.67. The summed E-state index contributed by atoms with van der Waals surface area (Å²) in [5, 5.41) is 3.00. The smallest absolute Gasteiger partial charge is 0.321 e. The van der Waals surface area contributed by atoms with Crippen molar-refractivity contribution in [3.8, 4) is 0 Å². The molecule has 0 bridgehead atoms. The molecule has 0 unspecified atom stereocenters. The highest BCUT2D eigenvalue weighted by atomic mass is 32.2. The van der Waals surface area contributed by atoms with Gasteiger partial charge in [0.05, 0.1) is 11.3 Å². The molecule has 3 amide bonds. The SMILES string of the molecule is CCCN(CCC)C(=O)Nc1ccc2c(c1)N(CC)C(=O)c1ccccc1S2. The molecule has 0 spiro atoms. The van der Waals surface area contributed by atoms with Gasteiger partial charge in [-0.1, -0.05) is 37.7 Å². The molecule has 3 rings (SSSR count). The van der Waals surface area contributed by atoms with Crippen LogP contribution < -0.4 is 10.2 Å². The summed E-state index contributed by atoms with van der Waals surface area (Å²) < 4.78 is 0. The summed E-state index contributed by atoms with van der Waals surface area (Å²) in [6.45, 7) is 8.13. The van der Waals surface area contributed by atoms with E-state index in [0.29, 0.717) is 17.8 Å². The molecule has 0 aromatic heterocycles. The van der Waals surface area contributed by atoms with Gasteiger partial charge in [0.2, 0.25) is 0 Å². The average Bonchev–Trinajstić information content (AvgIpc) is 2.81. The predicted molar refractivity (Wildman–Crippen MR) is 116 cm³/mol. The van der Waals surface area contributed by atoms with E-state index in [2.05, 4.69) is 19.2 Å². The van der Waals surface area contributed by atoms with Crippen molar-refractivity contribution >= 4 is 35.1 Å². The van der Waals surface area contributed by atoms with Crippen molar-refractivity contribution in [3.63, 3.8) is 0 Å². The number of fused-ring (bicyclic) bond motifs is 2. The molecule has 0 atom stereocenters. The highest BCUT2D eigenvalue weighted by Gasteiger charge is 2.26. The molecular weight excluding hydrogens is 370 g/mol. The number of anilines is 2. The van der Waals surface area contributed by atoms with Gasteiger partial charge in [-0.2, -0.15) is 0 Å². The van der Waals surface area contributed by atoms with Gasteiger partial charge in [-0.25, -0.2) is 4.79 Å². The number of carbonyl (C=O) groups is 2. The Balaban J connectivity index is 1.91. The van der Waals surface area contributed by atoms with Gasteiger partial charge in [-0.3, -0.25) is 4.79 Å². The zero-order valence-electron chi connectivity index (χ0n) is 16.7. The summed E-state index contributed by atoms with van der Waals surface area (Å²) in [6, 6.07) is 13.4. The molecule has 28 heavy (non-hydrogen) atoms. The van der Waals surface area contributed by atoms with E-state index in [1.807, 2.05) is 54.3 Å². The first kappa shape index (κ1) is 20.3. The lowest BCUT2D eigenvalue weighted by Gasteiger charge is -2.24. The summed E-state index contributed by atoms with van der Waals surface area (Å²) in [5.74, 6) is -0.00795. The zero-order chi connectivity index (χ0) is 20.1. The van der Waals surface area contributed by atoms with Gasteiger partial charge in [0.15, 0.2) is 0 Å². The van der Waals surface area contributed by atoms with E-state index in [1.54, 1.807) is 16.7 Å². The lowest BCUT2D eigenvalue weighted by atomic mass is 10.1. The first-order valence-electron chi connectivity index (χ1n) is 9.87. The second-order valence-corrected chi connectivity index (χ2v) is 7.83. The Labute approximate surface area is 171 Å². The van der Waals surface area contributed by atoms with Crippen molar-refractivity contribution in [2.75, 3.05) is 29.9 Å². The van der Waals surface area contributed by atoms with Crippen LogP contribution in [0.15, 0.2) is 52.3 Å². The van der Waals surface area contributed by atoms with E-state index in [9.17, 15) is 9.59 Å². The fourth-order valence-electron chi connectivity index (χ4n) is 3.37. The van der Waals surface area contributed by atoms with Gasteiger partial charge < -0.3 is 15.1 Å². The van der Waals surface area contributed by atoms with E-state index < -0.39 is 0 Å². The van der Waals surface area contributed by atoms with Crippen LogP contribution >= 0.6 is 11.8 Å². The molecule has 2 aromatic carbocycles. The standard InChI is InChI=1S/C22H27N3O2S/c1-4-13-24(14-5-2)22(27)23-16-11-12-20-18(15-16)25(6-3)21(26)17-9-7-8-10-19(17)28-20/h7-12,15H,4-6,13-14H2,1-3H3,(H,23,27). The molecule has 5 nitrogen and oxygen atoms in total. The van der Waals surface area contributed by atoms with Crippen LogP contribution in [0.25, 0.3) is 0 Å². The van der Waals surface area contributed by atoms with Crippen LogP contribution in [-0.2, 0) is 0 Å². The molecule has 1 heterocycles. The van der Waals surface area contributed by atoms with E-state index >= 15 is 0 Å². The molecule has 0 saturated carbocycles. The van der Waals surface area contributed by atoms with Crippen molar-refractivity contribution in [2.45, 2.75) is 43.4 Å². The number of benzene rings is 2. The average molecular weight is 398 g/mol. The van der Waals surface area contributed by atoms with E-state index in [-0.39, 0.29) is 11.9 Å². The van der Waals surface area contributed by atoms with Crippen LogP contribution in [0.3, 0.4) is 0 Å². The number of hydrogen-bond donors (Lipinski definition) is 1. The van der Waals surface area contributed by atoms with Gasteiger partial charge in [-0.15, -0.1) is 0 Å². The van der Waals surface area contributed by atoms with Gasteiger partial charge in [0.1, 0.15) is 0 Å². The number of urea groups is 1. The Kier molecular flexibility index (Phi) is 6.62. The minimum Gasteiger partial charge on any atom is -0.325 e. The Morgan fingerprint density at radius 1 is 1.04 bits per heavy atom. The van der Waals surface area contributed by atoms with Crippen molar-refractivity contribution < 1.29 is 9.59 Å². The van der Waals surface area contributed by atoms with Crippen molar-refractivity contribution in [3.05, 3.63) is 48.0 Å². The Morgan fingerprint density at radius 2 is 1.75 bits per heavy atom. The molecule has 0 fully saturated rings. The van der Waals surface area contributed by atoms with Gasteiger partial charge in [0, 0.05) is 35.1 Å². The highest BCUT2D eigenvalue weighted by Crippen LogP contribution is 2.42. The minimum absolute atomic E-state index is 0.00795. The number of hydrogen-bond acceptors (Lipinski definition) is 3. The van der Waals surface area contributed by atoms with Crippen molar-refractivity contribution in [1.29, 1.82) is 0 Å². The lowest BCUT2D eigenvalue weighted by Crippen LogP contribution is -2.36. The summed E-state index contributed by atoms with van der Waals surface area (Å²) in [5.41, 5.74) is 2.26. The van der Waals surface area contributed by atoms with Gasteiger partial charge in [-0.05, 0) is 50.1 Å². The summed E-state index contributed by atoms with van der Waals surface area (Å²) in [7, 11) is 0. The molecule has 1 N–H and O–H groups in total. The predicted octanol–water partition coefficient (Wildman–Crippen LogP) is 5.47. The van der Waals surface area contributed by atoms with Crippen LogP contribution in [0, 0.1) is 0 Å². The molecule has 1 aliphatic rings. The second kappa shape index (κ2) is 9.15. The van der Waals surface area contributed by atoms with Crippen LogP contribution in [-0.4, -0.2) is 36.5 Å². The van der Waals surface area contributed by atoms with Crippen molar-refractivity contribution in [2.24, 2.45) is 0 Å². The molecule has 2 aromatic rings. The van der Waals surface area contributed by atoms with Gasteiger partial charge in [0.25, 0.3) is 5.91 Å². The zero-order valence-corrected chi connectivity index (χ0v) is 17.5. The molecule has 0 saturated heterocycles. The van der Waals surface area contributed by atoms with Gasteiger partial charge >= 0.3 is 6.03 Å². The van der Waals surface area contributed by atoms with Crippen molar-refractivity contribution in [1.82, 2.24) is 4.90 Å². The molecule has 0 aliphatic carbocycles. The summed E-state index contributed by atoms with van der Waals surface area (Å²) in [6.07, 6.45) is 1.84. The molecule has 6 heteroatoms. The lowest BCUT2D eigenvalue weighted by molar-refractivity contribution is 0.0985. The maximum Gasteiger partial charge on any atom is 0.321 e. The van der Waals surface area contributed by atoms with E-state index in [0.717, 1.165) is 41.4 Å². The third kappa shape index (κ3) is 4.17. The minimum atomic E-state index is -0.0948. The van der Waals surface area contributed by atoms with Crippen LogP contribution in [0.5, 0.6) is 0 Å². The monoisotopic (exact) mass is 397 g/mol. The largest absolute Gasteiger partial charge is 0.325 e. The number of nitrogens with one attached hydrogen (secondary N) is 1.